The molecule has 0 spiro atoms. The number of hydrogen-bond donors (Lipinski definition) is 0. The highest BCUT2D eigenvalue weighted by Crippen LogP contribution is 2.28. The van der Waals surface area contributed by atoms with Crippen LogP contribution in [0, 0.1) is 0 Å². The van der Waals surface area contributed by atoms with Crippen LogP contribution in [0.1, 0.15) is 13.8 Å². The molecule has 1 heteroatoms. The van der Waals surface area contributed by atoms with Gasteiger partial charge in [0.15, 0.2) is 0 Å². The number of allylic oxidation sites excluding steroid dienone is 13. The fraction of sp³-hybridized carbons (Fsp3) is 0.100. The summed E-state index contributed by atoms with van der Waals surface area (Å²) in [6.45, 7) is 23.6. The van der Waals surface area contributed by atoms with Gasteiger partial charge in [-0.15, -0.1) is 0 Å². The molecular formula is C20H23Cl. The summed E-state index contributed by atoms with van der Waals surface area (Å²) in [5.74, 6) is 0. The van der Waals surface area contributed by atoms with E-state index in [-0.39, 0.29) is 0 Å². The molecule has 0 nitrogen and oxygen atoms in total. The average Bonchev–Trinajstić information content (AvgIpc) is 2.46. The van der Waals surface area contributed by atoms with Crippen molar-refractivity contribution in [3.63, 3.8) is 0 Å². The molecule has 0 aromatic rings. The second kappa shape index (κ2) is 9.79. The van der Waals surface area contributed by atoms with E-state index in [1.807, 2.05) is 38.2 Å². The summed E-state index contributed by atoms with van der Waals surface area (Å²) in [5.41, 5.74) is 4.29. The third-order valence-corrected chi connectivity index (χ3v) is 2.95. The highest BCUT2D eigenvalue weighted by atomic mass is 35.5. The highest BCUT2D eigenvalue weighted by Gasteiger charge is 2.10. The third kappa shape index (κ3) is 6.29. The van der Waals surface area contributed by atoms with Crippen molar-refractivity contribution < 1.29 is 0 Å². The monoisotopic (exact) mass is 298 g/mol. The fourth-order valence-corrected chi connectivity index (χ4v) is 1.71. The minimum atomic E-state index is 0.449. The molecule has 0 radical (unpaired) electrons. The molecule has 0 bridgehead atoms. The van der Waals surface area contributed by atoms with Crippen molar-refractivity contribution in [2.24, 2.45) is 0 Å². The summed E-state index contributed by atoms with van der Waals surface area (Å²) in [5, 5.41) is 0.449. The van der Waals surface area contributed by atoms with Crippen LogP contribution in [0.2, 0.25) is 0 Å². The van der Waals surface area contributed by atoms with Crippen LogP contribution in [-0.2, 0) is 0 Å². The minimum absolute atomic E-state index is 0.449. The molecule has 0 aliphatic heterocycles. The first-order chi connectivity index (χ1) is 9.88. The van der Waals surface area contributed by atoms with Crippen LogP contribution in [0.5, 0.6) is 0 Å². The number of hydrogen-bond acceptors (Lipinski definition) is 0. The first kappa shape index (κ1) is 19.0. The van der Waals surface area contributed by atoms with Gasteiger partial charge < -0.3 is 0 Å². The van der Waals surface area contributed by atoms with Gasteiger partial charge in [-0.2, -0.15) is 0 Å². The standard InChI is InChI=1S/C20H23Cl/c1-8-11-12-19(9-2)18(7)20(10-3)17(6)15(4)13-14-16(5)21/h8-14H,2,4-7H2,1,3H3/b11-8-,14-13-,19-12+,20-10+. The lowest BCUT2D eigenvalue weighted by Gasteiger charge is -2.14. The van der Waals surface area contributed by atoms with Crippen LogP contribution in [-0.4, -0.2) is 0 Å². The lowest BCUT2D eigenvalue weighted by atomic mass is 9.90. The lowest BCUT2D eigenvalue weighted by Crippen LogP contribution is -1.96. The maximum absolute atomic E-state index is 5.72. The van der Waals surface area contributed by atoms with Crippen LogP contribution < -0.4 is 0 Å². The Labute approximate surface area is 134 Å². The molecule has 0 heterocycles. The second-order valence-corrected chi connectivity index (χ2v) is 4.80. The van der Waals surface area contributed by atoms with Crippen molar-refractivity contribution in [2.75, 3.05) is 0 Å². The molecule has 0 N–H and O–H groups in total. The predicted octanol–water partition coefficient (Wildman–Crippen LogP) is 6.60. The van der Waals surface area contributed by atoms with E-state index in [9.17, 15) is 0 Å². The van der Waals surface area contributed by atoms with E-state index >= 15 is 0 Å². The summed E-state index contributed by atoms with van der Waals surface area (Å²) >= 11 is 5.72. The quantitative estimate of drug-likeness (QED) is 0.443. The van der Waals surface area contributed by atoms with Gasteiger partial charge in [-0.25, -0.2) is 0 Å². The minimum Gasteiger partial charge on any atom is -0.0984 e. The molecule has 0 atom stereocenters. The molecule has 0 aromatic carbocycles. The van der Waals surface area contributed by atoms with Gasteiger partial charge in [-0.05, 0) is 47.8 Å². The predicted molar refractivity (Wildman–Crippen MR) is 98.4 cm³/mol. The topological polar surface area (TPSA) is 0 Å². The van der Waals surface area contributed by atoms with Crippen LogP contribution in [0.4, 0.5) is 0 Å². The van der Waals surface area contributed by atoms with Gasteiger partial charge in [0.2, 0.25) is 0 Å². The molecule has 110 valence electrons. The van der Waals surface area contributed by atoms with Crippen LogP contribution in [0.15, 0.2) is 108 Å². The van der Waals surface area contributed by atoms with Crippen molar-refractivity contribution in [1.82, 2.24) is 0 Å². The maximum Gasteiger partial charge on any atom is 0.0334 e. The normalized spacial score (nSPS) is 12.7. The Morgan fingerprint density at radius 2 is 1.57 bits per heavy atom. The Morgan fingerprint density at radius 1 is 0.952 bits per heavy atom. The summed E-state index contributed by atoms with van der Waals surface area (Å²) in [4.78, 5) is 0. The zero-order valence-corrected chi connectivity index (χ0v) is 13.7. The summed E-state index contributed by atoms with van der Waals surface area (Å²) in [6, 6.07) is 0. The van der Waals surface area contributed by atoms with Crippen LogP contribution >= 0.6 is 11.6 Å². The Bertz CT molecular complexity index is 575. The van der Waals surface area contributed by atoms with E-state index in [0.29, 0.717) is 5.03 Å². The zero-order chi connectivity index (χ0) is 16.4. The van der Waals surface area contributed by atoms with Gasteiger partial charge in [-0.1, -0.05) is 81.0 Å². The van der Waals surface area contributed by atoms with Gasteiger partial charge in [0.05, 0.1) is 0 Å². The molecule has 0 aromatic heterocycles. The molecule has 0 fully saturated rings. The highest BCUT2D eigenvalue weighted by molar-refractivity contribution is 6.30. The molecule has 0 amide bonds. The van der Waals surface area contributed by atoms with Crippen molar-refractivity contribution in [3.05, 3.63) is 108 Å². The molecule has 0 saturated carbocycles. The maximum atomic E-state index is 5.72. The lowest BCUT2D eigenvalue weighted by molar-refractivity contribution is 1.38. The van der Waals surface area contributed by atoms with E-state index in [1.54, 1.807) is 18.2 Å². The van der Waals surface area contributed by atoms with E-state index in [2.05, 4.69) is 32.9 Å². The zero-order valence-electron chi connectivity index (χ0n) is 13.0. The van der Waals surface area contributed by atoms with Gasteiger partial charge in [-0.3, -0.25) is 0 Å². The molecule has 0 rings (SSSR count). The number of rotatable bonds is 8. The second-order valence-electron chi connectivity index (χ2n) is 4.32. The van der Waals surface area contributed by atoms with E-state index in [4.69, 9.17) is 11.6 Å². The molecule has 0 saturated heterocycles. The Balaban J connectivity index is 5.39. The van der Waals surface area contributed by atoms with Crippen LogP contribution in [0.3, 0.4) is 0 Å². The van der Waals surface area contributed by atoms with Crippen molar-refractivity contribution >= 4 is 11.6 Å². The molecular weight excluding hydrogens is 276 g/mol. The smallest absolute Gasteiger partial charge is 0.0334 e. The molecule has 21 heavy (non-hydrogen) atoms. The van der Waals surface area contributed by atoms with Gasteiger partial charge in [0.25, 0.3) is 0 Å². The fourth-order valence-electron chi connectivity index (χ4n) is 1.64. The Kier molecular flexibility index (Phi) is 8.84. The van der Waals surface area contributed by atoms with Crippen molar-refractivity contribution in [3.8, 4) is 0 Å². The Hall–Kier alpha value is -2.05. The van der Waals surface area contributed by atoms with Gasteiger partial charge in [0.1, 0.15) is 0 Å². The van der Waals surface area contributed by atoms with Gasteiger partial charge >= 0.3 is 0 Å². The first-order valence-corrected chi connectivity index (χ1v) is 6.99. The summed E-state index contributed by atoms with van der Waals surface area (Å²) < 4.78 is 0. The van der Waals surface area contributed by atoms with E-state index in [1.165, 1.54) is 0 Å². The molecule has 0 aliphatic rings. The van der Waals surface area contributed by atoms with E-state index in [0.717, 1.165) is 27.9 Å². The van der Waals surface area contributed by atoms with Crippen molar-refractivity contribution in [1.29, 1.82) is 0 Å². The third-order valence-electron chi connectivity index (χ3n) is 2.83. The average molecular weight is 299 g/mol. The van der Waals surface area contributed by atoms with Gasteiger partial charge in [0, 0.05) is 5.03 Å². The SMILES string of the molecule is C=C/C(=C\C=C/C)C(=C)/C(=C/C)C(=C)C(=C)/C=C\C(=C)Cl. The van der Waals surface area contributed by atoms with Crippen molar-refractivity contribution in [2.45, 2.75) is 13.8 Å². The number of halogens is 1. The summed E-state index contributed by atoms with van der Waals surface area (Å²) in [7, 11) is 0. The van der Waals surface area contributed by atoms with Crippen LogP contribution in [0.25, 0.3) is 0 Å². The largest absolute Gasteiger partial charge is 0.0984 e. The molecule has 0 unspecified atom stereocenters. The first-order valence-electron chi connectivity index (χ1n) is 6.61. The van der Waals surface area contributed by atoms with E-state index < -0.39 is 0 Å². The molecule has 0 aliphatic carbocycles. The summed E-state index contributed by atoms with van der Waals surface area (Å²) in [6.07, 6.45) is 13.1. The Morgan fingerprint density at radius 3 is 2.00 bits per heavy atom.